The van der Waals surface area contributed by atoms with Gasteiger partial charge in [-0.3, -0.25) is 4.79 Å². The summed E-state index contributed by atoms with van der Waals surface area (Å²) in [5.74, 6) is -0.219. The van der Waals surface area contributed by atoms with Gasteiger partial charge in [0.2, 0.25) is 15.9 Å². The maximum absolute atomic E-state index is 12.5. The molecule has 27 heavy (non-hydrogen) atoms. The molecule has 0 spiro atoms. The molecule has 1 unspecified atom stereocenters. The van der Waals surface area contributed by atoms with Crippen molar-refractivity contribution in [1.29, 1.82) is 0 Å². The van der Waals surface area contributed by atoms with Crippen LogP contribution in [0.2, 0.25) is 0 Å². The van der Waals surface area contributed by atoms with E-state index in [1.807, 2.05) is 0 Å². The third-order valence-electron chi connectivity index (χ3n) is 5.64. The van der Waals surface area contributed by atoms with E-state index in [-0.39, 0.29) is 17.6 Å². The molecule has 1 N–H and O–H groups in total. The van der Waals surface area contributed by atoms with Crippen molar-refractivity contribution in [2.24, 2.45) is 5.92 Å². The molecule has 0 radical (unpaired) electrons. The summed E-state index contributed by atoms with van der Waals surface area (Å²) in [5.41, 5.74) is 2.32. The highest BCUT2D eigenvalue weighted by Crippen LogP contribution is 2.21. The Morgan fingerprint density at radius 2 is 1.78 bits per heavy atom. The number of nitrogens with one attached hydrogen (secondary N) is 1. The quantitative estimate of drug-likeness (QED) is 0.805. The predicted octanol–water partition coefficient (Wildman–Crippen LogP) is 2.35. The first kappa shape index (κ1) is 20.1. The largest absolute Gasteiger partial charge is 0.372 e. The van der Waals surface area contributed by atoms with Crippen LogP contribution in [0.3, 0.4) is 0 Å². The molecule has 2 aliphatic rings. The molecule has 2 heterocycles. The minimum Gasteiger partial charge on any atom is -0.372 e. The Bertz CT molecular complexity index is 727. The fourth-order valence-electron chi connectivity index (χ4n) is 3.90. The van der Waals surface area contributed by atoms with E-state index in [1.54, 1.807) is 6.92 Å². The molecule has 2 fully saturated rings. The zero-order chi connectivity index (χ0) is 19.3. The minimum atomic E-state index is -3.22. The second kappa shape index (κ2) is 9.06. The van der Waals surface area contributed by atoms with E-state index >= 15 is 0 Å². The molecule has 0 bridgehead atoms. The van der Waals surface area contributed by atoms with Crippen LogP contribution in [-0.2, 0) is 21.4 Å². The van der Waals surface area contributed by atoms with E-state index in [2.05, 4.69) is 34.5 Å². The minimum absolute atomic E-state index is 0.0499. The van der Waals surface area contributed by atoms with Crippen molar-refractivity contribution in [1.82, 2.24) is 9.62 Å². The van der Waals surface area contributed by atoms with E-state index in [0.29, 0.717) is 19.6 Å². The Balaban J connectivity index is 1.51. The Hall–Kier alpha value is -1.60. The molecule has 1 aromatic carbocycles. The summed E-state index contributed by atoms with van der Waals surface area (Å²) in [6, 6.07) is 8.39. The van der Waals surface area contributed by atoms with Gasteiger partial charge < -0.3 is 10.2 Å². The van der Waals surface area contributed by atoms with Gasteiger partial charge in [0.25, 0.3) is 0 Å². The van der Waals surface area contributed by atoms with Gasteiger partial charge in [-0.2, -0.15) is 0 Å². The summed E-state index contributed by atoms with van der Waals surface area (Å²) in [7, 11) is -3.22. The summed E-state index contributed by atoms with van der Waals surface area (Å²) in [5, 5.41) is 2.98. The second-order valence-electron chi connectivity index (χ2n) is 7.53. The number of sulfonamides is 1. The summed E-state index contributed by atoms with van der Waals surface area (Å²) in [6.45, 7) is 5.19. The Morgan fingerprint density at radius 3 is 2.44 bits per heavy atom. The molecule has 1 atom stereocenters. The van der Waals surface area contributed by atoms with Gasteiger partial charge in [-0.15, -0.1) is 0 Å². The fraction of sp³-hybridized carbons (Fsp3) is 0.650. The van der Waals surface area contributed by atoms with Gasteiger partial charge in [0.1, 0.15) is 0 Å². The van der Waals surface area contributed by atoms with Gasteiger partial charge in [0, 0.05) is 38.4 Å². The smallest absolute Gasteiger partial charge is 0.224 e. The molecule has 1 amide bonds. The molecule has 1 aromatic rings. The van der Waals surface area contributed by atoms with Crippen LogP contribution in [0.1, 0.15) is 44.6 Å². The number of carbonyl (C=O) groups excluding carboxylic acids is 1. The molecular weight excluding hydrogens is 362 g/mol. The molecule has 6 nitrogen and oxygen atoms in total. The fourth-order valence-corrected chi connectivity index (χ4v) is 5.08. The zero-order valence-corrected chi connectivity index (χ0v) is 17.0. The van der Waals surface area contributed by atoms with Gasteiger partial charge in [-0.1, -0.05) is 12.1 Å². The molecule has 0 aliphatic carbocycles. The zero-order valence-electron chi connectivity index (χ0n) is 16.2. The molecule has 2 saturated heterocycles. The lowest BCUT2D eigenvalue weighted by Crippen LogP contribution is -2.45. The van der Waals surface area contributed by atoms with Crippen LogP contribution < -0.4 is 10.2 Å². The van der Waals surface area contributed by atoms with Gasteiger partial charge in [-0.25, -0.2) is 12.7 Å². The maximum Gasteiger partial charge on any atom is 0.224 e. The first-order valence-corrected chi connectivity index (χ1v) is 11.7. The van der Waals surface area contributed by atoms with Crippen molar-refractivity contribution in [3.8, 4) is 0 Å². The van der Waals surface area contributed by atoms with Crippen molar-refractivity contribution >= 4 is 21.6 Å². The lowest BCUT2D eigenvalue weighted by molar-refractivity contribution is -0.126. The molecule has 7 heteroatoms. The number of carbonyl (C=O) groups is 1. The van der Waals surface area contributed by atoms with Crippen LogP contribution in [0.15, 0.2) is 24.3 Å². The summed E-state index contributed by atoms with van der Waals surface area (Å²) in [4.78, 5) is 14.9. The lowest BCUT2D eigenvalue weighted by Gasteiger charge is -2.31. The van der Waals surface area contributed by atoms with Crippen molar-refractivity contribution < 1.29 is 13.2 Å². The van der Waals surface area contributed by atoms with Gasteiger partial charge >= 0.3 is 0 Å². The van der Waals surface area contributed by atoms with Gasteiger partial charge in [0.15, 0.2) is 0 Å². The SMILES string of the molecule is CCS(=O)(=O)N1CCCC(C(=O)NCc2ccc(N3CCCCC3)cc2)C1. The number of anilines is 1. The highest BCUT2D eigenvalue weighted by atomic mass is 32.2. The van der Waals surface area contributed by atoms with Crippen molar-refractivity contribution in [3.63, 3.8) is 0 Å². The summed E-state index contributed by atoms with van der Waals surface area (Å²) >= 11 is 0. The number of amides is 1. The van der Waals surface area contributed by atoms with E-state index in [0.717, 1.165) is 31.5 Å². The van der Waals surface area contributed by atoms with Crippen molar-refractivity contribution in [3.05, 3.63) is 29.8 Å². The maximum atomic E-state index is 12.5. The highest BCUT2D eigenvalue weighted by Gasteiger charge is 2.31. The van der Waals surface area contributed by atoms with Gasteiger partial charge in [0.05, 0.1) is 11.7 Å². The Labute approximate surface area is 163 Å². The molecular formula is C20H31N3O3S. The van der Waals surface area contributed by atoms with Crippen LogP contribution in [-0.4, -0.2) is 50.6 Å². The van der Waals surface area contributed by atoms with Crippen LogP contribution in [0, 0.1) is 5.92 Å². The number of benzene rings is 1. The van der Waals surface area contributed by atoms with Crippen LogP contribution in [0.4, 0.5) is 5.69 Å². The summed E-state index contributed by atoms with van der Waals surface area (Å²) in [6.07, 6.45) is 5.31. The van der Waals surface area contributed by atoms with Crippen molar-refractivity contribution in [2.75, 3.05) is 36.8 Å². The van der Waals surface area contributed by atoms with E-state index in [4.69, 9.17) is 0 Å². The van der Waals surface area contributed by atoms with Crippen LogP contribution >= 0.6 is 0 Å². The molecule has 2 aliphatic heterocycles. The van der Waals surface area contributed by atoms with Crippen LogP contribution in [0.5, 0.6) is 0 Å². The lowest BCUT2D eigenvalue weighted by atomic mass is 9.98. The molecule has 0 aromatic heterocycles. The average molecular weight is 394 g/mol. The van der Waals surface area contributed by atoms with Crippen LogP contribution in [0.25, 0.3) is 0 Å². The standard InChI is InChI=1S/C20H31N3O3S/c1-2-27(25,26)23-14-6-7-18(16-23)20(24)21-15-17-8-10-19(11-9-17)22-12-4-3-5-13-22/h8-11,18H,2-7,12-16H2,1H3,(H,21,24). The predicted molar refractivity (Wildman–Crippen MR) is 108 cm³/mol. The second-order valence-corrected chi connectivity index (χ2v) is 9.79. The summed E-state index contributed by atoms with van der Waals surface area (Å²) < 4.78 is 25.6. The topological polar surface area (TPSA) is 69.7 Å². The monoisotopic (exact) mass is 393 g/mol. The third kappa shape index (κ3) is 5.23. The number of hydrogen-bond donors (Lipinski definition) is 1. The van der Waals surface area contributed by atoms with Gasteiger partial charge in [-0.05, 0) is 56.7 Å². The first-order valence-electron chi connectivity index (χ1n) is 10.1. The molecule has 150 valence electrons. The number of nitrogens with zero attached hydrogens (tertiary/aromatic N) is 2. The van der Waals surface area contributed by atoms with E-state index < -0.39 is 10.0 Å². The van der Waals surface area contributed by atoms with E-state index in [9.17, 15) is 13.2 Å². The highest BCUT2D eigenvalue weighted by molar-refractivity contribution is 7.89. The first-order chi connectivity index (χ1) is 13.0. The number of piperidine rings is 2. The molecule has 3 rings (SSSR count). The third-order valence-corrected chi connectivity index (χ3v) is 7.49. The normalized spacial score (nSPS) is 21.8. The number of hydrogen-bond acceptors (Lipinski definition) is 4. The van der Waals surface area contributed by atoms with E-state index in [1.165, 1.54) is 29.3 Å². The van der Waals surface area contributed by atoms with Crippen molar-refractivity contribution in [2.45, 2.75) is 45.6 Å². The average Bonchev–Trinajstić information content (AvgIpc) is 2.73. The molecule has 0 saturated carbocycles. The Kier molecular flexibility index (Phi) is 6.76. The number of rotatable bonds is 6. The Morgan fingerprint density at radius 1 is 1.07 bits per heavy atom.